The molecule has 2 aromatic heterocycles. The first kappa shape index (κ1) is 17.5. The van der Waals surface area contributed by atoms with Gasteiger partial charge in [0.25, 0.3) is 5.91 Å². The van der Waals surface area contributed by atoms with Crippen LogP contribution in [0.5, 0.6) is 0 Å². The number of fused-ring (bicyclic) bond motifs is 1. The molecule has 0 spiro atoms. The standard InChI is InChI=1S/C18H18FN5O2/c1-10(2)24-9-21-16-6-12(8-20-17(16)24)18(26)23-15-7-13(22-11(3)25)4-5-14(15)19/h4-10H,1-3H3,(H,22,25)(H,23,26). The van der Waals surface area contributed by atoms with Crippen molar-refractivity contribution < 1.29 is 14.0 Å². The minimum absolute atomic E-state index is 0.0333. The molecule has 7 nitrogen and oxygen atoms in total. The molecule has 1 aromatic carbocycles. The fraction of sp³-hybridized carbons (Fsp3) is 0.222. The van der Waals surface area contributed by atoms with Crippen molar-refractivity contribution in [2.75, 3.05) is 10.6 Å². The molecule has 0 aliphatic rings. The second-order valence-electron chi connectivity index (χ2n) is 6.14. The van der Waals surface area contributed by atoms with Gasteiger partial charge in [-0.15, -0.1) is 0 Å². The van der Waals surface area contributed by atoms with Crippen molar-refractivity contribution in [1.29, 1.82) is 0 Å². The lowest BCUT2D eigenvalue weighted by Crippen LogP contribution is -2.14. The number of amides is 2. The largest absolute Gasteiger partial charge is 0.326 e. The number of nitrogens with one attached hydrogen (secondary N) is 2. The van der Waals surface area contributed by atoms with Crippen molar-refractivity contribution in [3.05, 3.63) is 48.2 Å². The molecule has 8 heteroatoms. The first-order chi connectivity index (χ1) is 12.3. The Kier molecular flexibility index (Phi) is 4.66. The summed E-state index contributed by atoms with van der Waals surface area (Å²) >= 11 is 0. The Morgan fingerprint density at radius 3 is 2.62 bits per heavy atom. The smallest absolute Gasteiger partial charge is 0.257 e. The highest BCUT2D eigenvalue weighted by atomic mass is 19.1. The van der Waals surface area contributed by atoms with Crippen LogP contribution in [0.15, 0.2) is 36.8 Å². The van der Waals surface area contributed by atoms with E-state index in [1.165, 1.54) is 31.3 Å². The van der Waals surface area contributed by atoms with Gasteiger partial charge in [0.1, 0.15) is 11.3 Å². The molecule has 2 heterocycles. The molecule has 2 amide bonds. The van der Waals surface area contributed by atoms with E-state index in [0.717, 1.165) is 0 Å². The van der Waals surface area contributed by atoms with Gasteiger partial charge in [0, 0.05) is 24.8 Å². The van der Waals surface area contributed by atoms with Crippen LogP contribution in [0.2, 0.25) is 0 Å². The Hall–Kier alpha value is -3.29. The molecule has 0 unspecified atom stereocenters. The van der Waals surface area contributed by atoms with E-state index in [0.29, 0.717) is 16.9 Å². The SMILES string of the molecule is CC(=O)Nc1ccc(F)c(NC(=O)c2cnc3c(c2)ncn3C(C)C)c1. The third-order valence-corrected chi connectivity index (χ3v) is 3.77. The van der Waals surface area contributed by atoms with Gasteiger partial charge in [-0.25, -0.2) is 14.4 Å². The van der Waals surface area contributed by atoms with Crippen LogP contribution in [0.4, 0.5) is 15.8 Å². The molecular weight excluding hydrogens is 337 g/mol. The maximum atomic E-state index is 14.0. The first-order valence-corrected chi connectivity index (χ1v) is 8.06. The molecule has 0 saturated heterocycles. The molecule has 0 aliphatic carbocycles. The number of hydrogen-bond donors (Lipinski definition) is 2. The Labute approximate surface area is 149 Å². The third-order valence-electron chi connectivity index (χ3n) is 3.77. The fourth-order valence-corrected chi connectivity index (χ4v) is 2.52. The van der Waals surface area contributed by atoms with Gasteiger partial charge in [-0.05, 0) is 38.1 Å². The quantitative estimate of drug-likeness (QED) is 0.751. The number of halogens is 1. The second kappa shape index (κ2) is 6.91. The van der Waals surface area contributed by atoms with Crippen LogP contribution >= 0.6 is 0 Å². The van der Waals surface area contributed by atoms with Gasteiger partial charge in [0.05, 0.1) is 17.6 Å². The third kappa shape index (κ3) is 3.53. The molecule has 0 saturated carbocycles. The molecule has 2 N–H and O–H groups in total. The van der Waals surface area contributed by atoms with E-state index in [1.54, 1.807) is 12.4 Å². The number of pyridine rings is 1. The molecule has 26 heavy (non-hydrogen) atoms. The van der Waals surface area contributed by atoms with Crippen LogP contribution in [-0.2, 0) is 4.79 Å². The summed E-state index contributed by atoms with van der Waals surface area (Å²) in [5.74, 6) is -1.41. The van der Waals surface area contributed by atoms with E-state index in [1.807, 2.05) is 18.4 Å². The topological polar surface area (TPSA) is 88.9 Å². The maximum absolute atomic E-state index is 14.0. The number of benzene rings is 1. The van der Waals surface area contributed by atoms with E-state index < -0.39 is 11.7 Å². The van der Waals surface area contributed by atoms with Gasteiger partial charge >= 0.3 is 0 Å². The van der Waals surface area contributed by atoms with E-state index in [-0.39, 0.29) is 23.2 Å². The van der Waals surface area contributed by atoms with Crippen LogP contribution in [-0.4, -0.2) is 26.3 Å². The average Bonchev–Trinajstić information content (AvgIpc) is 3.00. The highest BCUT2D eigenvalue weighted by Gasteiger charge is 2.14. The van der Waals surface area contributed by atoms with Crippen molar-refractivity contribution in [3.8, 4) is 0 Å². The normalized spacial score (nSPS) is 11.0. The summed E-state index contributed by atoms with van der Waals surface area (Å²) in [7, 11) is 0. The van der Waals surface area contributed by atoms with Crippen molar-refractivity contribution in [2.45, 2.75) is 26.8 Å². The fourth-order valence-electron chi connectivity index (χ4n) is 2.52. The Morgan fingerprint density at radius 2 is 1.92 bits per heavy atom. The Balaban J connectivity index is 1.86. The van der Waals surface area contributed by atoms with Gasteiger partial charge in [0.15, 0.2) is 5.65 Å². The van der Waals surface area contributed by atoms with Crippen molar-refractivity contribution >= 4 is 34.4 Å². The van der Waals surface area contributed by atoms with Gasteiger partial charge in [-0.2, -0.15) is 0 Å². The lowest BCUT2D eigenvalue weighted by atomic mass is 10.2. The number of carbonyl (C=O) groups excluding carboxylic acids is 2. The first-order valence-electron chi connectivity index (χ1n) is 8.06. The van der Waals surface area contributed by atoms with Gasteiger partial charge in [0.2, 0.25) is 5.91 Å². The number of hydrogen-bond acceptors (Lipinski definition) is 4. The minimum Gasteiger partial charge on any atom is -0.326 e. The minimum atomic E-state index is -0.606. The number of anilines is 2. The molecule has 3 rings (SSSR count). The number of imidazole rings is 1. The van der Waals surface area contributed by atoms with Gasteiger partial charge in [-0.3, -0.25) is 9.59 Å². The average molecular weight is 355 g/mol. The van der Waals surface area contributed by atoms with Crippen LogP contribution in [0.25, 0.3) is 11.2 Å². The zero-order valence-electron chi connectivity index (χ0n) is 14.6. The number of nitrogens with zero attached hydrogens (tertiary/aromatic N) is 3. The molecule has 0 fully saturated rings. The summed E-state index contributed by atoms with van der Waals surface area (Å²) in [5, 5.41) is 5.04. The predicted molar refractivity (Wildman–Crippen MR) is 96.6 cm³/mol. The zero-order chi connectivity index (χ0) is 18.8. The van der Waals surface area contributed by atoms with Crippen LogP contribution in [0, 0.1) is 5.82 Å². The molecule has 0 bridgehead atoms. The molecule has 134 valence electrons. The van der Waals surface area contributed by atoms with E-state index in [9.17, 15) is 14.0 Å². The summed E-state index contributed by atoms with van der Waals surface area (Å²) in [4.78, 5) is 32.1. The second-order valence-corrected chi connectivity index (χ2v) is 6.14. The van der Waals surface area contributed by atoms with Crippen LogP contribution < -0.4 is 10.6 Å². The lowest BCUT2D eigenvalue weighted by Gasteiger charge is -2.10. The van der Waals surface area contributed by atoms with E-state index >= 15 is 0 Å². The van der Waals surface area contributed by atoms with Crippen LogP contribution in [0.1, 0.15) is 37.2 Å². The van der Waals surface area contributed by atoms with Crippen molar-refractivity contribution in [1.82, 2.24) is 14.5 Å². The Bertz CT molecular complexity index is 996. The lowest BCUT2D eigenvalue weighted by molar-refractivity contribution is -0.114. The summed E-state index contributed by atoms with van der Waals surface area (Å²) in [5.41, 5.74) is 1.87. The maximum Gasteiger partial charge on any atom is 0.257 e. The van der Waals surface area contributed by atoms with E-state index in [4.69, 9.17) is 0 Å². The highest BCUT2D eigenvalue weighted by Crippen LogP contribution is 2.21. The number of rotatable bonds is 4. The number of carbonyl (C=O) groups is 2. The summed E-state index contributed by atoms with van der Waals surface area (Å²) < 4.78 is 15.9. The van der Waals surface area contributed by atoms with Crippen LogP contribution in [0.3, 0.4) is 0 Å². The molecule has 3 aromatic rings. The molecular formula is C18H18FN5O2. The van der Waals surface area contributed by atoms with Crippen molar-refractivity contribution in [2.24, 2.45) is 0 Å². The van der Waals surface area contributed by atoms with Gasteiger partial charge in [-0.1, -0.05) is 0 Å². The number of aromatic nitrogens is 3. The Morgan fingerprint density at radius 1 is 1.15 bits per heavy atom. The summed E-state index contributed by atoms with van der Waals surface area (Å²) in [6.45, 7) is 5.36. The molecule has 0 aliphatic heterocycles. The molecule has 0 atom stereocenters. The highest BCUT2D eigenvalue weighted by molar-refractivity contribution is 6.05. The van der Waals surface area contributed by atoms with Crippen molar-refractivity contribution in [3.63, 3.8) is 0 Å². The summed E-state index contributed by atoms with van der Waals surface area (Å²) in [6, 6.07) is 5.74. The molecule has 0 radical (unpaired) electrons. The monoisotopic (exact) mass is 355 g/mol. The summed E-state index contributed by atoms with van der Waals surface area (Å²) in [6.07, 6.45) is 3.09. The predicted octanol–water partition coefficient (Wildman–Crippen LogP) is 3.36. The zero-order valence-corrected chi connectivity index (χ0v) is 14.6. The van der Waals surface area contributed by atoms with E-state index in [2.05, 4.69) is 20.6 Å². The van der Waals surface area contributed by atoms with Gasteiger partial charge < -0.3 is 15.2 Å².